The molecular weight excluding hydrogens is 199 g/mol. The van der Waals surface area contributed by atoms with Crippen LogP contribution in [-0.4, -0.2) is 45.4 Å². The molecule has 1 aliphatic rings. The predicted octanol–water partition coefficient (Wildman–Crippen LogP) is -0.242. The number of nitrogens with zero attached hydrogens (tertiary/aromatic N) is 2. The summed E-state index contributed by atoms with van der Waals surface area (Å²) in [5, 5.41) is 18.6. The number of aliphatic hydroxyl groups is 2. The molecule has 5 heteroatoms. The molecule has 1 aliphatic heterocycles. The van der Waals surface area contributed by atoms with E-state index >= 15 is 0 Å². The molecule has 2 atom stereocenters. The first-order valence-corrected chi connectivity index (χ1v) is 4.83. The molecule has 4 nitrogen and oxygen atoms in total. The fraction of sp³-hybridized carbons (Fsp3) is 0.500. The standard InChI is InChI=1S/C10H13FN2O2/c11-8-1-7(2-12-3-8)4-13-5-9(14)10(15)6-13/h1-3,9-10,14-15H,4-6H2/t9-,10+. The van der Waals surface area contributed by atoms with Crippen molar-refractivity contribution in [2.45, 2.75) is 18.8 Å². The maximum Gasteiger partial charge on any atom is 0.141 e. The van der Waals surface area contributed by atoms with Crippen LogP contribution in [0.5, 0.6) is 0 Å². The van der Waals surface area contributed by atoms with E-state index in [0.29, 0.717) is 19.6 Å². The van der Waals surface area contributed by atoms with Gasteiger partial charge in [-0.1, -0.05) is 0 Å². The van der Waals surface area contributed by atoms with Gasteiger partial charge < -0.3 is 10.2 Å². The smallest absolute Gasteiger partial charge is 0.141 e. The molecule has 2 rings (SSSR count). The van der Waals surface area contributed by atoms with Gasteiger partial charge in [-0.05, 0) is 11.6 Å². The van der Waals surface area contributed by atoms with Crippen LogP contribution in [0, 0.1) is 5.82 Å². The van der Waals surface area contributed by atoms with Gasteiger partial charge in [0.2, 0.25) is 0 Å². The maximum absolute atomic E-state index is 12.8. The van der Waals surface area contributed by atoms with E-state index < -0.39 is 12.2 Å². The first kappa shape index (κ1) is 10.5. The van der Waals surface area contributed by atoms with Crippen molar-refractivity contribution in [3.8, 4) is 0 Å². The lowest BCUT2D eigenvalue weighted by Crippen LogP contribution is -2.22. The van der Waals surface area contributed by atoms with Crippen molar-refractivity contribution in [1.29, 1.82) is 0 Å². The minimum absolute atomic E-state index is 0.368. The van der Waals surface area contributed by atoms with Crippen LogP contribution in [0.15, 0.2) is 18.5 Å². The quantitative estimate of drug-likeness (QED) is 0.710. The van der Waals surface area contributed by atoms with Gasteiger partial charge >= 0.3 is 0 Å². The van der Waals surface area contributed by atoms with E-state index in [1.165, 1.54) is 6.07 Å². The van der Waals surface area contributed by atoms with Crippen molar-refractivity contribution in [2.75, 3.05) is 13.1 Å². The van der Waals surface area contributed by atoms with Crippen molar-refractivity contribution in [2.24, 2.45) is 0 Å². The average molecular weight is 212 g/mol. The number of rotatable bonds is 2. The molecule has 1 fully saturated rings. The summed E-state index contributed by atoms with van der Waals surface area (Å²) >= 11 is 0. The molecule has 1 saturated heterocycles. The highest BCUT2D eigenvalue weighted by molar-refractivity contribution is 5.10. The molecule has 0 unspecified atom stereocenters. The summed E-state index contributed by atoms with van der Waals surface area (Å²) in [5.74, 6) is -0.368. The average Bonchev–Trinajstić information content (AvgIpc) is 2.45. The molecule has 0 aliphatic carbocycles. The minimum Gasteiger partial charge on any atom is -0.389 e. The Balaban J connectivity index is 1.98. The summed E-state index contributed by atoms with van der Waals surface area (Å²) in [6, 6.07) is 1.41. The van der Waals surface area contributed by atoms with Crippen molar-refractivity contribution in [3.05, 3.63) is 29.8 Å². The van der Waals surface area contributed by atoms with E-state index in [4.69, 9.17) is 0 Å². The Kier molecular flexibility index (Phi) is 2.95. The highest BCUT2D eigenvalue weighted by Crippen LogP contribution is 2.13. The second kappa shape index (κ2) is 4.22. The first-order valence-electron chi connectivity index (χ1n) is 4.83. The number of halogens is 1. The van der Waals surface area contributed by atoms with Gasteiger partial charge in [0, 0.05) is 25.8 Å². The highest BCUT2D eigenvalue weighted by Gasteiger charge is 2.29. The molecule has 2 N–H and O–H groups in total. The molecule has 0 bridgehead atoms. The van der Waals surface area contributed by atoms with Crippen LogP contribution in [0.25, 0.3) is 0 Å². The van der Waals surface area contributed by atoms with Crippen LogP contribution in [0.3, 0.4) is 0 Å². The van der Waals surface area contributed by atoms with E-state index in [1.54, 1.807) is 6.20 Å². The van der Waals surface area contributed by atoms with Crippen LogP contribution in [0.1, 0.15) is 5.56 Å². The zero-order valence-electron chi connectivity index (χ0n) is 8.17. The summed E-state index contributed by atoms with van der Waals surface area (Å²) in [6.07, 6.45) is 1.33. The summed E-state index contributed by atoms with van der Waals surface area (Å²) < 4.78 is 12.8. The Hall–Kier alpha value is -1.04. The van der Waals surface area contributed by atoms with Crippen molar-refractivity contribution in [1.82, 2.24) is 9.88 Å². The molecular formula is C10H13FN2O2. The third-order valence-electron chi connectivity index (χ3n) is 2.50. The first-order chi connectivity index (χ1) is 7.15. The van der Waals surface area contributed by atoms with Gasteiger partial charge in [-0.15, -0.1) is 0 Å². The number of β-amino-alcohol motifs (C(OH)–C–C–N with tert-alkyl or cyclic N) is 2. The topological polar surface area (TPSA) is 56.6 Å². The van der Waals surface area contributed by atoms with Gasteiger partial charge in [-0.2, -0.15) is 0 Å². The fourth-order valence-corrected chi connectivity index (χ4v) is 1.78. The lowest BCUT2D eigenvalue weighted by Gasteiger charge is -2.13. The fourth-order valence-electron chi connectivity index (χ4n) is 1.78. The van der Waals surface area contributed by atoms with Gasteiger partial charge in [-0.3, -0.25) is 9.88 Å². The van der Waals surface area contributed by atoms with E-state index in [9.17, 15) is 14.6 Å². The van der Waals surface area contributed by atoms with E-state index in [2.05, 4.69) is 4.98 Å². The second-order valence-corrected chi connectivity index (χ2v) is 3.84. The van der Waals surface area contributed by atoms with Crippen LogP contribution in [0.4, 0.5) is 4.39 Å². The number of aromatic nitrogens is 1. The molecule has 1 aromatic heterocycles. The molecule has 0 radical (unpaired) electrons. The van der Waals surface area contributed by atoms with Gasteiger partial charge in [0.05, 0.1) is 18.4 Å². The molecule has 1 aromatic rings. The van der Waals surface area contributed by atoms with Gasteiger partial charge in [0.25, 0.3) is 0 Å². The molecule has 2 heterocycles. The van der Waals surface area contributed by atoms with E-state index in [-0.39, 0.29) is 5.82 Å². The molecule has 82 valence electrons. The normalized spacial score (nSPS) is 27.1. The molecule has 0 amide bonds. The highest BCUT2D eigenvalue weighted by atomic mass is 19.1. The van der Waals surface area contributed by atoms with Crippen LogP contribution < -0.4 is 0 Å². The zero-order valence-corrected chi connectivity index (χ0v) is 8.17. The van der Waals surface area contributed by atoms with Gasteiger partial charge in [0.15, 0.2) is 0 Å². The molecule has 15 heavy (non-hydrogen) atoms. The lowest BCUT2D eigenvalue weighted by molar-refractivity contribution is 0.0572. The Morgan fingerprint density at radius 1 is 1.33 bits per heavy atom. The largest absolute Gasteiger partial charge is 0.389 e. The third kappa shape index (κ3) is 2.50. The third-order valence-corrected chi connectivity index (χ3v) is 2.50. The Labute approximate surface area is 87.0 Å². The molecule has 0 saturated carbocycles. The lowest BCUT2D eigenvalue weighted by atomic mass is 10.2. The minimum atomic E-state index is -0.702. The van der Waals surface area contributed by atoms with E-state index in [0.717, 1.165) is 11.8 Å². The number of likely N-dealkylation sites (tertiary alicyclic amines) is 1. The van der Waals surface area contributed by atoms with Gasteiger partial charge in [0.1, 0.15) is 5.82 Å². The van der Waals surface area contributed by atoms with Crippen molar-refractivity contribution >= 4 is 0 Å². The number of hydrogen-bond acceptors (Lipinski definition) is 4. The SMILES string of the molecule is O[C@@H]1CN(Cc2cncc(F)c2)C[C@@H]1O. The monoisotopic (exact) mass is 212 g/mol. The Morgan fingerprint density at radius 3 is 2.60 bits per heavy atom. The number of aliphatic hydroxyl groups excluding tert-OH is 2. The Bertz CT molecular complexity index is 338. The van der Waals surface area contributed by atoms with Crippen molar-refractivity contribution < 1.29 is 14.6 Å². The van der Waals surface area contributed by atoms with Crippen LogP contribution in [0.2, 0.25) is 0 Å². The van der Waals surface area contributed by atoms with Crippen LogP contribution in [-0.2, 0) is 6.54 Å². The number of hydrogen-bond donors (Lipinski definition) is 2. The van der Waals surface area contributed by atoms with E-state index in [1.807, 2.05) is 4.90 Å². The molecule has 0 spiro atoms. The summed E-state index contributed by atoms with van der Waals surface area (Å²) in [7, 11) is 0. The van der Waals surface area contributed by atoms with Crippen LogP contribution >= 0.6 is 0 Å². The summed E-state index contributed by atoms with van der Waals surface area (Å²) in [6.45, 7) is 1.33. The number of pyridine rings is 1. The maximum atomic E-state index is 12.8. The summed E-state index contributed by atoms with van der Waals surface area (Å²) in [5.41, 5.74) is 0.747. The van der Waals surface area contributed by atoms with Crippen molar-refractivity contribution in [3.63, 3.8) is 0 Å². The predicted molar refractivity (Wildman–Crippen MR) is 51.5 cm³/mol. The molecule has 0 aromatic carbocycles. The Morgan fingerprint density at radius 2 is 2.00 bits per heavy atom. The summed E-state index contributed by atoms with van der Waals surface area (Å²) in [4.78, 5) is 5.60. The zero-order chi connectivity index (χ0) is 10.8. The van der Waals surface area contributed by atoms with Gasteiger partial charge in [-0.25, -0.2) is 4.39 Å². The second-order valence-electron chi connectivity index (χ2n) is 3.84.